The van der Waals surface area contributed by atoms with E-state index in [0.717, 1.165) is 35.1 Å². The van der Waals surface area contributed by atoms with Crippen molar-refractivity contribution in [1.82, 2.24) is 4.90 Å². The maximum Gasteiger partial charge on any atom is 0.250 e. The van der Waals surface area contributed by atoms with E-state index < -0.39 is 11.5 Å². The van der Waals surface area contributed by atoms with E-state index in [1.807, 2.05) is 54.6 Å². The highest BCUT2D eigenvalue weighted by Gasteiger charge is 2.69. The quantitative estimate of drug-likeness (QED) is 0.471. The Kier molecular flexibility index (Phi) is 4.82. The molecule has 1 N–H and O–H groups in total. The summed E-state index contributed by atoms with van der Waals surface area (Å²) in [4.78, 5) is 30.7. The van der Waals surface area contributed by atoms with Gasteiger partial charge in [-0.2, -0.15) is 0 Å². The molecule has 4 atom stereocenters. The predicted molar refractivity (Wildman–Crippen MR) is 132 cm³/mol. The molecule has 0 aromatic heterocycles. The van der Waals surface area contributed by atoms with Gasteiger partial charge in [0.05, 0.1) is 5.92 Å². The van der Waals surface area contributed by atoms with Gasteiger partial charge in [-0.3, -0.25) is 14.5 Å². The number of rotatable bonds is 3. The van der Waals surface area contributed by atoms with E-state index in [1.54, 1.807) is 0 Å². The zero-order valence-electron chi connectivity index (χ0n) is 18.4. The third kappa shape index (κ3) is 2.85. The highest BCUT2D eigenvalue weighted by Crippen LogP contribution is 2.61. The monoisotopic (exact) mass is 500 g/mol. The average Bonchev–Trinajstić information content (AvgIpc) is 3.47. The Balaban J connectivity index is 1.64. The first-order valence-electron chi connectivity index (χ1n) is 11.6. The van der Waals surface area contributed by atoms with Crippen molar-refractivity contribution in [3.05, 3.63) is 99.5 Å². The van der Waals surface area contributed by atoms with Crippen LogP contribution in [0.3, 0.4) is 0 Å². The normalized spacial score (nSPS) is 28.1. The molecule has 3 heterocycles. The number of nitrogens with zero attached hydrogens (tertiary/aromatic N) is 1. The van der Waals surface area contributed by atoms with Crippen LogP contribution in [0.2, 0.25) is 0 Å². The highest BCUT2D eigenvalue weighted by atomic mass is 79.9. The smallest absolute Gasteiger partial charge is 0.250 e. The number of hydrogen-bond acceptors (Lipinski definition) is 3. The fraction of sp³-hybridized carbons (Fsp3) is 0.286. The Labute approximate surface area is 202 Å². The minimum Gasteiger partial charge on any atom is -0.324 e. The summed E-state index contributed by atoms with van der Waals surface area (Å²) in [6.45, 7) is 2.93. The van der Waals surface area contributed by atoms with Gasteiger partial charge in [0, 0.05) is 33.2 Å². The van der Waals surface area contributed by atoms with Gasteiger partial charge in [-0.1, -0.05) is 70.5 Å². The van der Waals surface area contributed by atoms with Gasteiger partial charge < -0.3 is 5.32 Å². The number of fused-ring (bicyclic) bond motifs is 4. The van der Waals surface area contributed by atoms with E-state index in [-0.39, 0.29) is 23.7 Å². The summed E-state index contributed by atoms with van der Waals surface area (Å²) < 4.78 is 0.865. The third-order valence-corrected chi connectivity index (χ3v) is 8.34. The lowest BCUT2D eigenvalue weighted by atomic mass is 9.68. The van der Waals surface area contributed by atoms with Crippen molar-refractivity contribution in [2.45, 2.75) is 37.3 Å². The number of Topliss-reactive ketones (excluding diaryl/α,β-unsaturated/α-hetero) is 1. The minimum atomic E-state index is -0.996. The minimum absolute atomic E-state index is 0.0332. The van der Waals surface area contributed by atoms with E-state index in [9.17, 15) is 9.59 Å². The van der Waals surface area contributed by atoms with Crippen LogP contribution in [0.15, 0.2) is 77.3 Å². The molecule has 1 spiro atoms. The van der Waals surface area contributed by atoms with Crippen LogP contribution in [0.25, 0.3) is 0 Å². The molecule has 0 aliphatic carbocycles. The lowest BCUT2D eigenvalue weighted by Gasteiger charge is -2.37. The number of amides is 1. The van der Waals surface area contributed by atoms with Crippen molar-refractivity contribution >= 4 is 33.3 Å². The molecule has 4 unspecified atom stereocenters. The summed E-state index contributed by atoms with van der Waals surface area (Å²) >= 11 is 3.53. The topological polar surface area (TPSA) is 49.4 Å². The van der Waals surface area contributed by atoms with E-state index in [4.69, 9.17) is 0 Å². The molecule has 3 aromatic rings. The average molecular weight is 501 g/mol. The summed E-state index contributed by atoms with van der Waals surface area (Å²) in [5, 5.41) is 3.14. The number of nitrogens with one attached hydrogen (secondary N) is 1. The Bertz CT molecular complexity index is 1290. The molecule has 1 amide bonds. The van der Waals surface area contributed by atoms with E-state index in [0.29, 0.717) is 5.56 Å². The number of halogens is 1. The van der Waals surface area contributed by atoms with Gasteiger partial charge in [-0.15, -0.1) is 0 Å². The number of anilines is 1. The number of para-hydroxylation sites is 1. The van der Waals surface area contributed by atoms with Crippen LogP contribution in [0.1, 0.15) is 45.8 Å². The first-order valence-corrected chi connectivity index (χ1v) is 12.4. The Hall–Kier alpha value is -2.76. The van der Waals surface area contributed by atoms with Gasteiger partial charge >= 0.3 is 0 Å². The summed E-state index contributed by atoms with van der Waals surface area (Å²) in [6.07, 6.45) is 2.01. The van der Waals surface area contributed by atoms with Crippen molar-refractivity contribution in [2.24, 2.45) is 5.92 Å². The first kappa shape index (κ1) is 20.8. The van der Waals surface area contributed by atoms with Crippen LogP contribution in [0, 0.1) is 12.8 Å². The van der Waals surface area contributed by atoms with Gasteiger partial charge in [-0.25, -0.2) is 0 Å². The molecule has 3 aromatic carbocycles. The molecule has 0 saturated carbocycles. The van der Waals surface area contributed by atoms with E-state index >= 15 is 0 Å². The van der Waals surface area contributed by atoms with Gasteiger partial charge in [0.2, 0.25) is 5.91 Å². The number of carbonyl (C=O) groups is 2. The van der Waals surface area contributed by atoms with Gasteiger partial charge in [0.1, 0.15) is 5.54 Å². The predicted octanol–water partition coefficient (Wildman–Crippen LogP) is 5.67. The van der Waals surface area contributed by atoms with Crippen LogP contribution in [0.4, 0.5) is 5.69 Å². The number of carbonyl (C=O) groups excluding carboxylic acids is 2. The molecule has 33 heavy (non-hydrogen) atoms. The molecule has 166 valence electrons. The largest absolute Gasteiger partial charge is 0.324 e. The van der Waals surface area contributed by atoms with Crippen molar-refractivity contribution < 1.29 is 9.59 Å². The maximum absolute atomic E-state index is 14.4. The number of aryl methyl sites for hydroxylation is 1. The molecule has 2 saturated heterocycles. The lowest BCUT2D eigenvalue weighted by Crippen LogP contribution is -2.52. The van der Waals surface area contributed by atoms with Gasteiger partial charge in [0.25, 0.3) is 0 Å². The summed E-state index contributed by atoms with van der Waals surface area (Å²) in [7, 11) is 0. The second-order valence-corrected chi connectivity index (χ2v) is 10.3. The number of benzene rings is 3. The van der Waals surface area contributed by atoms with Crippen LogP contribution in [-0.2, 0) is 10.3 Å². The molecule has 3 aliphatic rings. The molecular weight excluding hydrogens is 476 g/mol. The van der Waals surface area contributed by atoms with Crippen LogP contribution in [-0.4, -0.2) is 29.2 Å². The molecule has 4 nitrogen and oxygen atoms in total. The molecule has 0 radical (unpaired) electrons. The first-order chi connectivity index (χ1) is 16.0. The van der Waals surface area contributed by atoms with Crippen LogP contribution in [0.5, 0.6) is 0 Å². The highest BCUT2D eigenvalue weighted by molar-refractivity contribution is 9.10. The van der Waals surface area contributed by atoms with Gasteiger partial charge in [0.15, 0.2) is 5.78 Å². The lowest BCUT2D eigenvalue weighted by molar-refractivity contribution is -0.127. The van der Waals surface area contributed by atoms with Crippen molar-refractivity contribution in [2.75, 3.05) is 11.9 Å². The fourth-order valence-corrected chi connectivity index (χ4v) is 7.04. The molecule has 2 fully saturated rings. The third-order valence-electron chi connectivity index (χ3n) is 7.85. The van der Waals surface area contributed by atoms with E-state index in [2.05, 4.69) is 51.3 Å². The van der Waals surface area contributed by atoms with Crippen molar-refractivity contribution in [1.29, 1.82) is 0 Å². The molecule has 0 bridgehead atoms. The molecular formula is C28H25BrN2O2. The molecule has 5 heteroatoms. The fourth-order valence-electron chi connectivity index (χ4n) is 6.64. The van der Waals surface area contributed by atoms with Crippen LogP contribution < -0.4 is 5.32 Å². The number of ketones is 1. The molecule has 3 aliphatic heterocycles. The zero-order chi connectivity index (χ0) is 22.7. The number of hydrogen-bond donors (Lipinski definition) is 1. The van der Waals surface area contributed by atoms with Crippen molar-refractivity contribution in [3.63, 3.8) is 0 Å². The zero-order valence-corrected chi connectivity index (χ0v) is 20.0. The molecule has 6 rings (SSSR count). The van der Waals surface area contributed by atoms with E-state index in [1.165, 1.54) is 11.1 Å². The second kappa shape index (κ2) is 7.64. The SMILES string of the molecule is Cc1ccccc1C1C2CCCN2C2(C(=O)Nc3ccccc32)C1C(=O)c1cccc(Br)c1. The second-order valence-electron chi connectivity index (χ2n) is 9.40. The maximum atomic E-state index is 14.4. The Morgan fingerprint density at radius 2 is 1.85 bits per heavy atom. The summed E-state index contributed by atoms with van der Waals surface area (Å²) in [6, 6.07) is 24.0. The Morgan fingerprint density at radius 1 is 1.06 bits per heavy atom. The van der Waals surface area contributed by atoms with Crippen LogP contribution >= 0.6 is 15.9 Å². The Morgan fingerprint density at radius 3 is 2.67 bits per heavy atom. The van der Waals surface area contributed by atoms with Crippen molar-refractivity contribution in [3.8, 4) is 0 Å². The summed E-state index contributed by atoms with van der Waals surface area (Å²) in [5.41, 5.74) is 3.76. The van der Waals surface area contributed by atoms with Gasteiger partial charge in [-0.05, 0) is 55.6 Å². The standard InChI is InChI=1S/C28H25BrN2O2/c1-17-8-2-3-11-20(17)24-23-14-7-15-31(23)28(21-12-4-5-13-22(21)30-27(28)33)25(24)26(32)18-9-6-10-19(29)16-18/h2-6,8-13,16,23-25H,7,14-15H2,1H3,(H,30,33). The summed E-state index contributed by atoms with van der Waals surface area (Å²) in [5.74, 6) is -0.607.